The van der Waals surface area contributed by atoms with Crippen LogP contribution in [-0.2, 0) is 6.42 Å². The molecule has 0 amide bonds. The molecule has 4 rings (SSSR count). The van der Waals surface area contributed by atoms with Gasteiger partial charge in [0.25, 0.3) is 0 Å². The molecule has 2 aromatic carbocycles. The summed E-state index contributed by atoms with van der Waals surface area (Å²) in [5.41, 5.74) is 6.64. The molecule has 2 heterocycles. The Labute approximate surface area is 135 Å². The predicted octanol–water partition coefficient (Wildman–Crippen LogP) is 4.00. The first-order valence-electron chi connectivity index (χ1n) is 7.72. The number of benzene rings is 2. The maximum absolute atomic E-state index is 5.90. The van der Waals surface area contributed by atoms with E-state index in [-0.39, 0.29) is 0 Å². The molecule has 0 aliphatic carbocycles. The molecule has 0 bridgehead atoms. The Bertz CT molecular complexity index is 850. The highest BCUT2D eigenvalue weighted by Crippen LogP contribution is 2.38. The van der Waals surface area contributed by atoms with E-state index in [2.05, 4.69) is 29.3 Å². The van der Waals surface area contributed by atoms with Gasteiger partial charge in [0.05, 0.1) is 25.1 Å². The number of aromatic nitrogens is 2. The zero-order chi connectivity index (χ0) is 15.8. The summed E-state index contributed by atoms with van der Waals surface area (Å²) in [5, 5.41) is 7.79. The Kier molecular flexibility index (Phi) is 3.30. The van der Waals surface area contributed by atoms with Crippen LogP contribution in [0.15, 0.2) is 42.5 Å². The number of ether oxygens (including phenoxy) is 2. The summed E-state index contributed by atoms with van der Waals surface area (Å²) in [5.74, 6) is 1.76. The van der Waals surface area contributed by atoms with E-state index in [1.165, 1.54) is 11.1 Å². The van der Waals surface area contributed by atoms with Crippen molar-refractivity contribution in [2.75, 3.05) is 13.7 Å². The molecule has 116 valence electrons. The molecule has 0 radical (unpaired) electrons. The largest absolute Gasteiger partial charge is 0.497 e. The van der Waals surface area contributed by atoms with Gasteiger partial charge in [-0.2, -0.15) is 5.10 Å². The molecule has 0 unspecified atom stereocenters. The minimum Gasteiger partial charge on any atom is -0.497 e. The second-order valence-corrected chi connectivity index (χ2v) is 5.75. The average molecular weight is 306 g/mol. The second-order valence-electron chi connectivity index (χ2n) is 5.75. The predicted molar refractivity (Wildman–Crippen MR) is 89.9 cm³/mol. The number of fused-ring (bicyclic) bond motifs is 3. The first kappa shape index (κ1) is 13.9. The third kappa shape index (κ3) is 2.36. The number of nitrogens with one attached hydrogen (secondary N) is 1. The van der Waals surface area contributed by atoms with Gasteiger partial charge < -0.3 is 9.47 Å². The lowest BCUT2D eigenvalue weighted by Crippen LogP contribution is -1.99. The highest BCUT2D eigenvalue weighted by molar-refractivity contribution is 5.78. The summed E-state index contributed by atoms with van der Waals surface area (Å²) in [7, 11) is 1.67. The lowest BCUT2D eigenvalue weighted by molar-refractivity contribution is 0.326. The normalized spacial score (nSPS) is 12.8. The van der Waals surface area contributed by atoms with Crippen molar-refractivity contribution in [1.29, 1.82) is 0 Å². The van der Waals surface area contributed by atoms with Crippen LogP contribution in [0.5, 0.6) is 11.5 Å². The fraction of sp³-hybridized carbons (Fsp3) is 0.211. The quantitative estimate of drug-likeness (QED) is 0.778. The molecular formula is C19H18N2O2. The van der Waals surface area contributed by atoms with Crippen molar-refractivity contribution in [3.63, 3.8) is 0 Å². The smallest absolute Gasteiger partial charge is 0.128 e. The molecule has 0 saturated heterocycles. The van der Waals surface area contributed by atoms with E-state index in [0.29, 0.717) is 6.61 Å². The van der Waals surface area contributed by atoms with Gasteiger partial charge in [-0.25, -0.2) is 0 Å². The van der Waals surface area contributed by atoms with Crippen LogP contribution in [0.4, 0.5) is 0 Å². The fourth-order valence-corrected chi connectivity index (χ4v) is 3.05. The van der Waals surface area contributed by atoms with E-state index in [1.807, 2.05) is 30.3 Å². The maximum Gasteiger partial charge on any atom is 0.128 e. The summed E-state index contributed by atoms with van der Waals surface area (Å²) < 4.78 is 11.1. The minimum atomic E-state index is 0.658. The van der Waals surface area contributed by atoms with E-state index in [9.17, 15) is 0 Å². The van der Waals surface area contributed by atoms with Gasteiger partial charge in [0.2, 0.25) is 0 Å². The van der Waals surface area contributed by atoms with Gasteiger partial charge in [-0.3, -0.25) is 5.10 Å². The van der Waals surface area contributed by atoms with Crippen molar-refractivity contribution in [3.8, 4) is 34.0 Å². The summed E-state index contributed by atoms with van der Waals surface area (Å²) in [6.07, 6.45) is 0.834. The van der Waals surface area contributed by atoms with Crippen molar-refractivity contribution in [2.45, 2.75) is 13.3 Å². The van der Waals surface area contributed by atoms with E-state index >= 15 is 0 Å². The number of H-pyrrole nitrogens is 1. The molecule has 0 atom stereocenters. The molecule has 0 saturated carbocycles. The van der Waals surface area contributed by atoms with Gasteiger partial charge in [-0.1, -0.05) is 11.6 Å². The SMILES string of the molecule is COc1ccc(-c2n[nH]c3c2CCOc2ccc(C)cc2-3)cc1. The monoisotopic (exact) mass is 306 g/mol. The molecule has 1 N–H and O–H groups in total. The number of rotatable bonds is 2. The van der Waals surface area contributed by atoms with Crippen LogP contribution >= 0.6 is 0 Å². The number of aryl methyl sites for hydroxylation is 1. The van der Waals surface area contributed by atoms with E-state index in [1.54, 1.807) is 7.11 Å². The van der Waals surface area contributed by atoms with Crippen LogP contribution in [0.1, 0.15) is 11.1 Å². The van der Waals surface area contributed by atoms with Crippen LogP contribution < -0.4 is 9.47 Å². The van der Waals surface area contributed by atoms with Crippen LogP contribution in [0.25, 0.3) is 22.5 Å². The van der Waals surface area contributed by atoms with E-state index < -0.39 is 0 Å². The highest BCUT2D eigenvalue weighted by Gasteiger charge is 2.22. The standard InChI is InChI=1S/C19H18N2O2/c1-12-3-8-17-16(11-12)19-15(9-10-23-17)18(20-21-19)13-4-6-14(22-2)7-5-13/h3-8,11H,9-10H2,1-2H3,(H,20,21). The van der Waals surface area contributed by atoms with Gasteiger partial charge in [-0.15, -0.1) is 0 Å². The van der Waals surface area contributed by atoms with Crippen LogP contribution in [-0.4, -0.2) is 23.9 Å². The molecule has 23 heavy (non-hydrogen) atoms. The molecule has 1 aliphatic heterocycles. The third-order valence-corrected chi connectivity index (χ3v) is 4.24. The van der Waals surface area contributed by atoms with Crippen LogP contribution in [0, 0.1) is 6.92 Å². The molecule has 3 aromatic rings. The molecule has 1 aromatic heterocycles. The zero-order valence-corrected chi connectivity index (χ0v) is 13.2. The minimum absolute atomic E-state index is 0.658. The lowest BCUT2D eigenvalue weighted by atomic mass is 9.99. The first-order chi connectivity index (χ1) is 11.3. The molecule has 0 fully saturated rings. The molecule has 0 spiro atoms. The topological polar surface area (TPSA) is 47.1 Å². The van der Waals surface area contributed by atoms with Crippen LogP contribution in [0.3, 0.4) is 0 Å². The average Bonchev–Trinajstić information content (AvgIpc) is 2.92. The molecular weight excluding hydrogens is 288 g/mol. The van der Waals surface area contributed by atoms with E-state index in [0.717, 1.165) is 40.4 Å². The number of hydrogen-bond acceptors (Lipinski definition) is 3. The number of aromatic amines is 1. The van der Waals surface area contributed by atoms with Crippen molar-refractivity contribution in [2.24, 2.45) is 0 Å². The summed E-state index contributed by atoms with van der Waals surface area (Å²) in [6.45, 7) is 2.75. The molecule has 4 heteroatoms. The Morgan fingerprint density at radius 2 is 1.96 bits per heavy atom. The highest BCUT2D eigenvalue weighted by atomic mass is 16.5. The maximum atomic E-state index is 5.90. The Hall–Kier alpha value is -2.75. The lowest BCUT2D eigenvalue weighted by Gasteiger charge is -2.07. The Morgan fingerprint density at radius 1 is 1.13 bits per heavy atom. The Balaban J connectivity index is 1.84. The van der Waals surface area contributed by atoms with Gasteiger partial charge in [-0.05, 0) is 43.3 Å². The van der Waals surface area contributed by atoms with Gasteiger partial charge in [0, 0.05) is 23.1 Å². The number of methoxy groups -OCH3 is 1. The first-order valence-corrected chi connectivity index (χ1v) is 7.72. The van der Waals surface area contributed by atoms with Crippen molar-refractivity contribution < 1.29 is 9.47 Å². The van der Waals surface area contributed by atoms with Gasteiger partial charge in [0.15, 0.2) is 0 Å². The number of nitrogens with zero attached hydrogens (tertiary/aromatic N) is 1. The molecule has 1 aliphatic rings. The summed E-state index contributed by atoms with van der Waals surface area (Å²) in [6, 6.07) is 14.3. The summed E-state index contributed by atoms with van der Waals surface area (Å²) >= 11 is 0. The summed E-state index contributed by atoms with van der Waals surface area (Å²) in [4.78, 5) is 0. The van der Waals surface area contributed by atoms with Crippen molar-refractivity contribution in [1.82, 2.24) is 10.2 Å². The van der Waals surface area contributed by atoms with Crippen LogP contribution in [0.2, 0.25) is 0 Å². The third-order valence-electron chi connectivity index (χ3n) is 4.24. The van der Waals surface area contributed by atoms with E-state index in [4.69, 9.17) is 9.47 Å². The van der Waals surface area contributed by atoms with Gasteiger partial charge in [0.1, 0.15) is 11.5 Å². The number of hydrogen-bond donors (Lipinski definition) is 1. The Morgan fingerprint density at radius 3 is 2.74 bits per heavy atom. The molecule has 4 nitrogen and oxygen atoms in total. The second kappa shape index (κ2) is 5.47. The van der Waals surface area contributed by atoms with Gasteiger partial charge >= 0.3 is 0 Å². The van der Waals surface area contributed by atoms with Crippen molar-refractivity contribution in [3.05, 3.63) is 53.6 Å². The fourth-order valence-electron chi connectivity index (χ4n) is 3.05. The zero-order valence-electron chi connectivity index (χ0n) is 13.2. The van der Waals surface area contributed by atoms with Crippen molar-refractivity contribution >= 4 is 0 Å².